The maximum Gasteiger partial charge on any atom is 0.308 e. The van der Waals surface area contributed by atoms with Crippen LogP contribution < -0.4 is 19.5 Å². The molecular formula is C30H26N2O7S. The molecule has 4 aromatic carbocycles. The Morgan fingerprint density at radius 1 is 0.750 bits per heavy atom. The van der Waals surface area contributed by atoms with Crippen LogP contribution in [-0.2, 0) is 24.4 Å². The third kappa shape index (κ3) is 6.72. The van der Waals surface area contributed by atoms with Crippen LogP contribution >= 0.6 is 0 Å². The number of hydrogen-bond acceptors (Lipinski definition) is 7. The molecule has 0 fully saturated rings. The minimum absolute atomic E-state index is 0.0346. The van der Waals surface area contributed by atoms with Crippen molar-refractivity contribution in [2.45, 2.75) is 25.7 Å². The maximum absolute atomic E-state index is 13.3. The molecule has 0 unspecified atom stereocenters. The standard InChI is InChI=1S/C30H26N2O7S/c1-19-8-4-5-11-25(19)32-40(36,37)29-13-7-9-23-24(29)10-6-12-26(23)31-30(35)17-15-22-14-16-27(38-20(2)33)28(18-22)39-21(3)34/h4-18,32H,1-3H3,(H,31,35)/b17-15+. The second-order valence-electron chi connectivity index (χ2n) is 8.79. The van der Waals surface area contributed by atoms with E-state index in [4.69, 9.17) is 9.47 Å². The van der Waals surface area contributed by atoms with Crippen molar-refractivity contribution < 1.29 is 32.3 Å². The monoisotopic (exact) mass is 558 g/mol. The Morgan fingerprint density at radius 3 is 2.12 bits per heavy atom. The molecule has 0 aliphatic heterocycles. The van der Waals surface area contributed by atoms with Gasteiger partial charge >= 0.3 is 11.9 Å². The topological polar surface area (TPSA) is 128 Å². The molecule has 4 aromatic rings. The van der Waals surface area contributed by atoms with Gasteiger partial charge in [0, 0.05) is 36.4 Å². The molecule has 1 amide bonds. The number of carbonyl (C=O) groups is 3. The molecule has 2 N–H and O–H groups in total. The molecule has 0 aliphatic rings. The molecule has 0 spiro atoms. The molecule has 0 heterocycles. The van der Waals surface area contributed by atoms with Crippen molar-refractivity contribution >= 4 is 56.1 Å². The van der Waals surface area contributed by atoms with E-state index in [0.29, 0.717) is 27.7 Å². The Bertz CT molecular complexity index is 1760. The lowest BCUT2D eigenvalue weighted by molar-refractivity contribution is -0.134. The van der Waals surface area contributed by atoms with E-state index in [-0.39, 0.29) is 16.4 Å². The number of amides is 1. The van der Waals surface area contributed by atoms with E-state index >= 15 is 0 Å². The van der Waals surface area contributed by atoms with E-state index in [9.17, 15) is 22.8 Å². The van der Waals surface area contributed by atoms with E-state index in [1.54, 1.807) is 48.5 Å². The number of benzene rings is 4. The Balaban J connectivity index is 1.58. The van der Waals surface area contributed by atoms with Crippen LogP contribution in [0.5, 0.6) is 11.5 Å². The molecule has 0 aliphatic carbocycles. The zero-order valence-electron chi connectivity index (χ0n) is 21.9. The lowest BCUT2D eigenvalue weighted by atomic mass is 10.1. The maximum atomic E-state index is 13.3. The van der Waals surface area contributed by atoms with Crippen LogP contribution in [0, 0.1) is 6.92 Å². The highest BCUT2D eigenvalue weighted by Crippen LogP contribution is 2.31. The number of esters is 2. The summed E-state index contributed by atoms with van der Waals surface area (Å²) in [6.45, 7) is 4.25. The number of ether oxygens (including phenoxy) is 2. The second kappa shape index (κ2) is 11.8. The molecule has 0 atom stereocenters. The highest BCUT2D eigenvalue weighted by Gasteiger charge is 2.19. The quantitative estimate of drug-likeness (QED) is 0.167. The van der Waals surface area contributed by atoms with E-state index in [1.807, 2.05) is 19.1 Å². The van der Waals surface area contributed by atoms with Crippen molar-refractivity contribution in [1.29, 1.82) is 0 Å². The molecule has 204 valence electrons. The Morgan fingerprint density at radius 2 is 1.40 bits per heavy atom. The van der Waals surface area contributed by atoms with Crippen LogP contribution in [0.25, 0.3) is 16.8 Å². The van der Waals surface area contributed by atoms with Gasteiger partial charge in [0.15, 0.2) is 11.5 Å². The third-order valence-electron chi connectivity index (χ3n) is 5.72. The van der Waals surface area contributed by atoms with Crippen molar-refractivity contribution in [3.05, 3.63) is 96.1 Å². The molecule has 10 heteroatoms. The van der Waals surface area contributed by atoms with Crippen LogP contribution in [0.1, 0.15) is 25.0 Å². The van der Waals surface area contributed by atoms with E-state index in [1.165, 1.54) is 44.2 Å². The van der Waals surface area contributed by atoms with Gasteiger partial charge in [-0.15, -0.1) is 0 Å². The zero-order chi connectivity index (χ0) is 28.9. The average molecular weight is 559 g/mol. The Labute approximate surface area is 231 Å². The van der Waals surface area contributed by atoms with Gasteiger partial charge in [-0.3, -0.25) is 19.1 Å². The number of nitrogens with one attached hydrogen (secondary N) is 2. The fraction of sp³-hybridized carbons (Fsp3) is 0.100. The van der Waals surface area contributed by atoms with Crippen LogP contribution in [-0.4, -0.2) is 26.3 Å². The van der Waals surface area contributed by atoms with E-state index in [2.05, 4.69) is 10.0 Å². The third-order valence-corrected chi connectivity index (χ3v) is 7.14. The zero-order valence-corrected chi connectivity index (χ0v) is 22.7. The van der Waals surface area contributed by atoms with Crippen molar-refractivity contribution in [3.63, 3.8) is 0 Å². The number of rotatable bonds is 8. The van der Waals surface area contributed by atoms with Crippen molar-refractivity contribution in [3.8, 4) is 11.5 Å². The number of fused-ring (bicyclic) bond motifs is 1. The van der Waals surface area contributed by atoms with Gasteiger partial charge in [-0.1, -0.05) is 48.5 Å². The van der Waals surface area contributed by atoms with Gasteiger partial charge in [-0.2, -0.15) is 0 Å². The molecule has 0 saturated carbocycles. The Kier molecular flexibility index (Phi) is 8.30. The highest BCUT2D eigenvalue weighted by molar-refractivity contribution is 7.93. The van der Waals surface area contributed by atoms with Crippen LogP contribution in [0.2, 0.25) is 0 Å². The molecular weight excluding hydrogens is 532 g/mol. The number of anilines is 2. The fourth-order valence-corrected chi connectivity index (χ4v) is 5.31. The number of sulfonamides is 1. The lowest BCUT2D eigenvalue weighted by Crippen LogP contribution is -2.14. The van der Waals surface area contributed by atoms with Gasteiger partial charge in [0.1, 0.15) is 0 Å². The molecule has 0 saturated heterocycles. The van der Waals surface area contributed by atoms with Gasteiger partial charge in [-0.05, 0) is 54.5 Å². The smallest absolute Gasteiger partial charge is 0.308 e. The second-order valence-corrected chi connectivity index (χ2v) is 10.4. The SMILES string of the molecule is CC(=O)Oc1ccc(/C=C/C(=O)Nc2cccc3c(S(=O)(=O)Nc4ccccc4C)cccc23)cc1OC(C)=O. The summed E-state index contributed by atoms with van der Waals surface area (Å²) < 4.78 is 39.3. The Hall–Kier alpha value is -4.96. The van der Waals surface area contributed by atoms with Gasteiger partial charge in [0.05, 0.1) is 10.6 Å². The van der Waals surface area contributed by atoms with Crippen molar-refractivity contribution in [1.82, 2.24) is 0 Å². The molecule has 40 heavy (non-hydrogen) atoms. The van der Waals surface area contributed by atoms with Gasteiger partial charge in [-0.25, -0.2) is 8.42 Å². The summed E-state index contributed by atoms with van der Waals surface area (Å²) in [6, 6.07) is 21.4. The van der Waals surface area contributed by atoms with Crippen LogP contribution in [0.4, 0.5) is 11.4 Å². The summed E-state index contributed by atoms with van der Waals surface area (Å²) in [5.74, 6) is -1.54. The van der Waals surface area contributed by atoms with Gasteiger partial charge in [0.2, 0.25) is 5.91 Å². The average Bonchev–Trinajstić information content (AvgIpc) is 2.89. The predicted octanol–water partition coefficient (Wildman–Crippen LogP) is 5.45. The summed E-state index contributed by atoms with van der Waals surface area (Å²) in [5, 5.41) is 3.76. The number of para-hydroxylation sites is 1. The summed E-state index contributed by atoms with van der Waals surface area (Å²) in [6.07, 6.45) is 2.77. The van der Waals surface area contributed by atoms with Crippen LogP contribution in [0.15, 0.2) is 89.8 Å². The first-order valence-corrected chi connectivity index (χ1v) is 13.6. The predicted molar refractivity (Wildman–Crippen MR) is 153 cm³/mol. The van der Waals surface area contributed by atoms with E-state index in [0.717, 1.165) is 5.56 Å². The van der Waals surface area contributed by atoms with E-state index < -0.39 is 27.9 Å². The largest absolute Gasteiger partial charge is 0.423 e. The number of carbonyl (C=O) groups excluding carboxylic acids is 3. The molecule has 0 aromatic heterocycles. The number of aryl methyl sites for hydroxylation is 1. The normalized spacial score (nSPS) is 11.3. The first-order valence-electron chi connectivity index (χ1n) is 12.1. The minimum atomic E-state index is -3.92. The lowest BCUT2D eigenvalue weighted by Gasteiger charge is -2.14. The minimum Gasteiger partial charge on any atom is -0.423 e. The molecule has 9 nitrogen and oxygen atoms in total. The van der Waals surface area contributed by atoms with Crippen molar-refractivity contribution in [2.75, 3.05) is 10.0 Å². The highest BCUT2D eigenvalue weighted by atomic mass is 32.2. The van der Waals surface area contributed by atoms with Gasteiger partial charge < -0.3 is 14.8 Å². The molecule has 0 radical (unpaired) electrons. The summed E-state index contributed by atoms with van der Waals surface area (Å²) in [5.41, 5.74) is 2.20. The molecule has 4 rings (SSSR count). The number of hydrogen-bond donors (Lipinski definition) is 2. The van der Waals surface area contributed by atoms with Crippen molar-refractivity contribution in [2.24, 2.45) is 0 Å². The molecule has 0 bridgehead atoms. The fourth-order valence-electron chi connectivity index (χ4n) is 3.96. The van der Waals surface area contributed by atoms with Crippen LogP contribution in [0.3, 0.4) is 0 Å². The summed E-state index contributed by atoms with van der Waals surface area (Å²) >= 11 is 0. The van der Waals surface area contributed by atoms with Gasteiger partial charge in [0.25, 0.3) is 10.0 Å². The summed E-state index contributed by atoms with van der Waals surface area (Å²) in [4.78, 5) is 35.6. The first kappa shape index (κ1) is 28.1. The first-order chi connectivity index (χ1) is 19.0. The summed E-state index contributed by atoms with van der Waals surface area (Å²) in [7, 11) is -3.92.